The molecule has 2 rings (SSSR count). The summed E-state index contributed by atoms with van der Waals surface area (Å²) in [5.41, 5.74) is -0.127. The average Bonchev–Trinajstić information content (AvgIpc) is 2.14. The highest BCUT2D eigenvalue weighted by atomic mass is 32.1. The third-order valence-corrected chi connectivity index (χ3v) is 2.87. The van der Waals surface area contributed by atoms with Gasteiger partial charge in [-0.1, -0.05) is 12.1 Å². The predicted molar refractivity (Wildman–Crippen MR) is 60.2 cm³/mol. The van der Waals surface area contributed by atoms with Gasteiger partial charge in [0.2, 0.25) is 0 Å². The van der Waals surface area contributed by atoms with Gasteiger partial charge in [-0.2, -0.15) is 0 Å². The van der Waals surface area contributed by atoms with Crippen LogP contribution in [-0.4, -0.2) is 34.6 Å². The van der Waals surface area contributed by atoms with Crippen molar-refractivity contribution < 1.29 is 9.90 Å². The number of nitrogens with zero attached hydrogens (tertiary/aromatic N) is 1. The summed E-state index contributed by atoms with van der Waals surface area (Å²) in [5.74, 6) is -0.0628. The maximum absolute atomic E-state index is 11.9. The molecule has 0 bridgehead atoms. The number of benzene rings is 1. The highest BCUT2D eigenvalue weighted by molar-refractivity contribution is 7.80. The number of carbonyl (C=O) groups excluding carboxylic acids is 1. The summed E-state index contributed by atoms with van der Waals surface area (Å²) >= 11 is 4.23. The van der Waals surface area contributed by atoms with Crippen LogP contribution >= 0.6 is 12.6 Å². The lowest BCUT2D eigenvalue weighted by Gasteiger charge is -2.44. The maximum Gasteiger partial charge on any atom is 0.255 e. The summed E-state index contributed by atoms with van der Waals surface area (Å²) in [6, 6.07) is 7.18. The Bertz CT molecular complexity index is 395. The van der Waals surface area contributed by atoms with Crippen molar-refractivity contribution in [3.63, 3.8) is 0 Å². The van der Waals surface area contributed by atoms with Crippen LogP contribution in [-0.2, 0) is 0 Å². The van der Waals surface area contributed by atoms with E-state index in [1.165, 1.54) is 0 Å². The smallest absolute Gasteiger partial charge is 0.255 e. The minimum atomic E-state index is -0.721. The molecular formula is C11H13NO2S. The topological polar surface area (TPSA) is 40.5 Å². The zero-order chi connectivity index (χ0) is 11.1. The van der Waals surface area contributed by atoms with Crippen molar-refractivity contribution in [1.82, 2.24) is 4.90 Å². The monoisotopic (exact) mass is 223 g/mol. The van der Waals surface area contributed by atoms with Gasteiger partial charge in [0.25, 0.3) is 5.91 Å². The molecule has 1 saturated heterocycles. The molecule has 80 valence electrons. The number of aliphatic hydroxyl groups is 1. The number of hydrogen-bond acceptors (Lipinski definition) is 3. The minimum Gasteiger partial charge on any atom is -0.386 e. The van der Waals surface area contributed by atoms with Gasteiger partial charge in [-0.3, -0.25) is 4.79 Å². The van der Waals surface area contributed by atoms with Gasteiger partial charge in [-0.05, 0) is 19.1 Å². The van der Waals surface area contributed by atoms with Crippen LogP contribution in [0.4, 0.5) is 0 Å². The van der Waals surface area contributed by atoms with E-state index in [1.54, 1.807) is 24.0 Å². The van der Waals surface area contributed by atoms with Gasteiger partial charge in [0.05, 0.1) is 24.3 Å². The Labute approximate surface area is 94.1 Å². The molecule has 1 aliphatic heterocycles. The van der Waals surface area contributed by atoms with E-state index >= 15 is 0 Å². The molecule has 0 radical (unpaired) electrons. The second-order valence-corrected chi connectivity index (χ2v) is 4.66. The van der Waals surface area contributed by atoms with Crippen molar-refractivity contribution in [2.24, 2.45) is 0 Å². The van der Waals surface area contributed by atoms with E-state index in [9.17, 15) is 9.90 Å². The Balaban J connectivity index is 2.14. The van der Waals surface area contributed by atoms with Crippen molar-refractivity contribution in [1.29, 1.82) is 0 Å². The van der Waals surface area contributed by atoms with Gasteiger partial charge in [-0.15, -0.1) is 12.6 Å². The quantitative estimate of drug-likeness (QED) is 0.702. The summed E-state index contributed by atoms with van der Waals surface area (Å²) in [7, 11) is 0. The first-order valence-electron chi connectivity index (χ1n) is 4.79. The fourth-order valence-corrected chi connectivity index (χ4v) is 2.00. The second-order valence-electron chi connectivity index (χ2n) is 4.18. The average molecular weight is 223 g/mol. The van der Waals surface area contributed by atoms with Crippen molar-refractivity contribution in [3.8, 4) is 0 Å². The van der Waals surface area contributed by atoms with Gasteiger partial charge in [0.15, 0.2) is 0 Å². The van der Waals surface area contributed by atoms with Crippen LogP contribution < -0.4 is 0 Å². The van der Waals surface area contributed by atoms with E-state index in [2.05, 4.69) is 12.6 Å². The largest absolute Gasteiger partial charge is 0.386 e. The van der Waals surface area contributed by atoms with Crippen molar-refractivity contribution >= 4 is 18.5 Å². The second kappa shape index (κ2) is 3.54. The van der Waals surface area contributed by atoms with E-state index < -0.39 is 5.60 Å². The third-order valence-electron chi connectivity index (χ3n) is 2.48. The predicted octanol–water partition coefficient (Wildman–Crippen LogP) is 1.18. The maximum atomic E-state index is 11.9. The molecular weight excluding hydrogens is 210 g/mol. The first-order chi connectivity index (χ1) is 6.99. The number of thiol groups is 1. The number of hydrogen-bond donors (Lipinski definition) is 2. The fourth-order valence-electron chi connectivity index (χ4n) is 1.74. The first-order valence-corrected chi connectivity index (χ1v) is 5.24. The number of amides is 1. The van der Waals surface area contributed by atoms with Crippen LogP contribution in [0.2, 0.25) is 0 Å². The summed E-state index contributed by atoms with van der Waals surface area (Å²) in [6.45, 7) is 2.52. The Morgan fingerprint density at radius 1 is 1.47 bits per heavy atom. The zero-order valence-electron chi connectivity index (χ0n) is 8.47. The van der Waals surface area contributed by atoms with E-state index in [0.29, 0.717) is 23.5 Å². The summed E-state index contributed by atoms with van der Waals surface area (Å²) in [4.78, 5) is 14.2. The lowest BCUT2D eigenvalue weighted by molar-refractivity contribution is -0.0669. The molecule has 0 atom stereocenters. The highest BCUT2D eigenvalue weighted by Gasteiger charge is 2.39. The summed E-state index contributed by atoms with van der Waals surface area (Å²) in [5, 5.41) is 9.54. The highest BCUT2D eigenvalue weighted by Crippen LogP contribution is 2.24. The van der Waals surface area contributed by atoms with E-state index in [-0.39, 0.29) is 5.91 Å². The number of carbonyl (C=O) groups is 1. The SMILES string of the molecule is CC1(O)CN(C(=O)c2ccccc2S)C1. The van der Waals surface area contributed by atoms with Gasteiger partial charge in [-0.25, -0.2) is 0 Å². The summed E-state index contributed by atoms with van der Waals surface area (Å²) < 4.78 is 0. The van der Waals surface area contributed by atoms with E-state index in [0.717, 1.165) is 0 Å². The lowest BCUT2D eigenvalue weighted by atomic mass is 9.96. The molecule has 0 spiro atoms. The Kier molecular flexibility index (Phi) is 2.48. The van der Waals surface area contributed by atoms with Gasteiger partial charge in [0, 0.05) is 4.90 Å². The first kappa shape index (κ1) is 10.5. The normalized spacial score (nSPS) is 18.5. The Morgan fingerprint density at radius 3 is 2.60 bits per heavy atom. The molecule has 1 fully saturated rings. The van der Waals surface area contributed by atoms with E-state index in [4.69, 9.17) is 0 Å². The molecule has 0 unspecified atom stereocenters. The van der Waals surface area contributed by atoms with E-state index in [1.807, 2.05) is 12.1 Å². The molecule has 0 saturated carbocycles. The molecule has 3 nitrogen and oxygen atoms in total. The third kappa shape index (κ3) is 2.01. The van der Waals surface area contributed by atoms with Gasteiger partial charge in [0.1, 0.15) is 0 Å². The summed E-state index contributed by atoms with van der Waals surface area (Å²) in [6.07, 6.45) is 0. The van der Waals surface area contributed by atoms with Crippen molar-refractivity contribution in [3.05, 3.63) is 29.8 Å². The number of likely N-dealkylation sites (tertiary alicyclic amines) is 1. The molecule has 15 heavy (non-hydrogen) atoms. The molecule has 4 heteroatoms. The standard InChI is InChI=1S/C11H13NO2S/c1-11(14)6-12(7-11)10(13)8-4-2-3-5-9(8)15/h2-5,14-15H,6-7H2,1H3. The zero-order valence-corrected chi connectivity index (χ0v) is 9.37. The van der Waals surface area contributed by atoms with Crippen LogP contribution in [0.25, 0.3) is 0 Å². The fraction of sp³-hybridized carbons (Fsp3) is 0.364. The molecule has 0 aliphatic carbocycles. The molecule has 1 amide bonds. The molecule has 0 aromatic heterocycles. The van der Waals surface area contributed by atoms with Crippen molar-refractivity contribution in [2.45, 2.75) is 17.4 Å². The van der Waals surface area contributed by atoms with Crippen molar-refractivity contribution in [2.75, 3.05) is 13.1 Å². The molecule has 1 heterocycles. The van der Waals surface area contributed by atoms with Gasteiger partial charge < -0.3 is 10.0 Å². The van der Waals surface area contributed by atoms with Crippen LogP contribution in [0.3, 0.4) is 0 Å². The van der Waals surface area contributed by atoms with Crippen LogP contribution in [0.5, 0.6) is 0 Å². The lowest BCUT2D eigenvalue weighted by Crippen LogP contribution is -2.61. The number of β-amino-alcohol motifs (C(OH)–C–C–N with tert-alkyl or cyclic N) is 1. The molecule has 1 aromatic rings. The Morgan fingerprint density at radius 2 is 2.07 bits per heavy atom. The number of rotatable bonds is 1. The van der Waals surface area contributed by atoms with Crippen LogP contribution in [0.1, 0.15) is 17.3 Å². The molecule has 1 N–H and O–H groups in total. The van der Waals surface area contributed by atoms with Gasteiger partial charge >= 0.3 is 0 Å². The van der Waals surface area contributed by atoms with Crippen LogP contribution in [0.15, 0.2) is 29.2 Å². The minimum absolute atomic E-state index is 0.0628. The van der Waals surface area contributed by atoms with Crippen LogP contribution in [0, 0.1) is 0 Å². The molecule has 1 aliphatic rings. The Hall–Kier alpha value is -1.00. The molecule has 1 aromatic carbocycles.